The average Bonchev–Trinajstić information content (AvgIpc) is 3.71. The molecule has 17 nitrogen and oxygen atoms in total. The number of anilines is 2. The first-order valence-corrected chi connectivity index (χ1v) is 20.3. The molecule has 5 N–H and O–H groups in total. The highest BCUT2D eigenvalue weighted by atomic mass is 35.5. The fraction of sp³-hybridized carbons (Fsp3) is 0.415. The summed E-state index contributed by atoms with van der Waals surface area (Å²) >= 11 is 13.8. The van der Waals surface area contributed by atoms with E-state index >= 15 is 0 Å². The van der Waals surface area contributed by atoms with Crippen LogP contribution < -0.4 is 16.0 Å². The predicted octanol–water partition coefficient (Wildman–Crippen LogP) is 4.54. The molecular weight excluding hydrogens is 817 g/mol. The second-order valence-corrected chi connectivity index (χ2v) is 15.8. The number of aliphatic carboxylic acids is 2. The molecule has 2 aromatic heterocycles. The SMILES string of the molecule is CC(=O)CCCN1CCc2c(nc(C(=O)Nc3cccc(-c4cccc(NC(=O)c5nc6c(n5C)CCN(CCCC(=O)NC(CC(=O)O)C(=O)O)C6)c4Cl)c3Cl)n2C)C1. The van der Waals surface area contributed by atoms with Crippen LogP contribution >= 0.6 is 23.2 Å². The van der Waals surface area contributed by atoms with E-state index in [9.17, 15) is 33.9 Å². The van der Waals surface area contributed by atoms with Gasteiger partial charge < -0.3 is 40.1 Å². The molecule has 3 amide bonds. The summed E-state index contributed by atoms with van der Waals surface area (Å²) in [6, 6.07) is 8.85. The number of rotatable bonds is 17. The summed E-state index contributed by atoms with van der Waals surface area (Å²) in [6.07, 6.45) is 2.36. The standard InChI is InChI=1S/C41H47Cl2N9O8/c1-23(53)8-6-16-51-18-14-31-29(21-51)45-37(49(31)2)39(57)47-26-11-4-9-24(35(26)42)25-10-5-12-27(36(25)43)48-40(58)38-46-30-22-52(19-15-32(30)50(38)3)17-7-13-33(54)44-28(41(59)60)20-34(55)56/h4-5,9-12,28H,6-8,13-22H2,1-3H3,(H,44,54)(H,47,57)(H,48,58)(H,55,56)(H,59,60). The van der Waals surface area contributed by atoms with Gasteiger partial charge in [-0.15, -0.1) is 0 Å². The van der Waals surface area contributed by atoms with Gasteiger partial charge in [-0.05, 0) is 45.0 Å². The van der Waals surface area contributed by atoms with Gasteiger partial charge in [0.05, 0.1) is 39.2 Å². The predicted molar refractivity (Wildman–Crippen MR) is 223 cm³/mol. The highest BCUT2D eigenvalue weighted by Crippen LogP contribution is 2.40. The maximum Gasteiger partial charge on any atom is 0.326 e. The first-order valence-electron chi connectivity index (χ1n) is 19.6. The van der Waals surface area contributed by atoms with E-state index in [1.165, 1.54) is 0 Å². The fourth-order valence-electron chi connectivity index (χ4n) is 7.64. The fourth-order valence-corrected chi connectivity index (χ4v) is 8.19. The van der Waals surface area contributed by atoms with Crippen molar-refractivity contribution < 1.29 is 39.0 Å². The smallest absolute Gasteiger partial charge is 0.326 e. The molecular formula is C41H47Cl2N9O8. The third-order valence-electron chi connectivity index (χ3n) is 10.8. The van der Waals surface area contributed by atoms with E-state index in [0.717, 1.165) is 43.0 Å². The van der Waals surface area contributed by atoms with Crippen LogP contribution in [0.5, 0.6) is 0 Å². The molecule has 318 valence electrons. The zero-order valence-corrected chi connectivity index (χ0v) is 35.0. The minimum Gasteiger partial charge on any atom is -0.481 e. The lowest BCUT2D eigenvalue weighted by atomic mass is 10.0. The minimum absolute atomic E-state index is 0.0181. The number of carbonyl (C=O) groups excluding carboxylic acids is 4. The summed E-state index contributed by atoms with van der Waals surface area (Å²) in [4.78, 5) is 86.8. The zero-order valence-electron chi connectivity index (χ0n) is 33.5. The number of nitrogens with one attached hydrogen (secondary N) is 3. The van der Waals surface area contributed by atoms with E-state index in [2.05, 4.69) is 35.7 Å². The van der Waals surface area contributed by atoms with Crippen LogP contribution in [0, 0.1) is 0 Å². The van der Waals surface area contributed by atoms with Crippen molar-refractivity contribution in [3.8, 4) is 11.1 Å². The number of carboxylic acid groups (broad SMARTS) is 2. The lowest BCUT2D eigenvalue weighted by Gasteiger charge is -2.26. The number of Topliss-reactive ketones (excluding diaryl/α,β-unsaturated/α-hetero) is 1. The zero-order chi connectivity index (χ0) is 43.2. The molecule has 2 aliphatic rings. The number of imidazole rings is 2. The van der Waals surface area contributed by atoms with Crippen molar-refractivity contribution in [2.75, 3.05) is 36.8 Å². The van der Waals surface area contributed by atoms with Gasteiger partial charge in [-0.25, -0.2) is 14.8 Å². The molecule has 4 heterocycles. The summed E-state index contributed by atoms with van der Waals surface area (Å²) < 4.78 is 3.56. The highest BCUT2D eigenvalue weighted by Gasteiger charge is 2.29. The number of ketones is 1. The van der Waals surface area contributed by atoms with Crippen LogP contribution in [0.1, 0.15) is 83.0 Å². The summed E-state index contributed by atoms with van der Waals surface area (Å²) in [5, 5.41) is 26.6. The quantitative estimate of drug-likeness (QED) is 0.0988. The van der Waals surface area contributed by atoms with E-state index in [1.807, 2.05) is 11.6 Å². The molecule has 60 heavy (non-hydrogen) atoms. The number of hydrogen-bond acceptors (Lipinski definition) is 10. The van der Waals surface area contributed by atoms with Gasteiger partial charge in [0.1, 0.15) is 11.8 Å². The molecule has 2 aromatic carbocycles. The third kappa shape index (κ3) is 10.2. The Morgan fingerprint density at radius 1 is 0.733 bits per heavy atom. The molecule has 1 unspecified atom stereocenters. The van der Waals surface area contributed by atoms with Gasteiger partial charge in [-0.1, -0.05) is 47.5 Å². The molecule has 0 saturated heterocycles. The summed E-state index contributed by atoms with van der Waals surface area (Å²) in [5.74, 6) is -3.58. The van der Waals surface area contributed by atoms with Gasteiger partial charge in [0, 0.05) is 88.5 Å². The van der Waals surface area contributed by atoms with Crippen molar-refractivity contribution in [3.05, 3.63) is 80.9 Å². The third-order valence-corrected chi connectivity index (χ3v) is 11.6. The first kappa shape index (κ1) is 43.9. The second kappa shape index (κ2) is 19.2. The molecule has 0 bridgehead atoms. The number of nitrogens with zero attached hydrogens (tertiary/aromatic N) is 6. The van der Waals surface area contributed by atoms with Crippen LogP contribution in [0.3, 0.4) is 0 Å². The highest BCUT2D eigenvalue weighted by molar-refractivity contribution is 6.40. The number of hydrogen-bond donors (Lipinski definition) is 5. The lowest BCUT2D eigenvalue weighted by Crippen LogP contribution is -2.42. The van der Waals surface area contributed by atoms with Crippen LogP contribution in [0.15, 0.2) is 36.4 Å². The number of carbonyl (C=O) groups is 6. The van der Waals surface area contributed by atoms with Gasteiger partial charge in [-0.2, -0.15) is 0 Å². The number of halogens is 2. The van der Waals surface area contributed by atoms with Crippen molar-refractivity contribution in [2.24, 2.45) is 14.1 Å². The van der Waals surface area contributed by atoms with Crippen LogP contribution in [-0.2, 0) is 59.2 Å². The van der Waals surface area contributed by atoms with Crippen molar-refractivity contribution in [2.45, 2.75) is 71.0 Å². The number of benzene rings is 2. The Labute approximate surface area is 356 Å². The van der Waals surface area contributed by atoms with E-state index < -0.39 is 42.1 Å². The molecule has 0 saturated carbocycles. The van der Waals surface area contributed by atoms with E-state index in [-0.39, 0.29) is 33.9 Å². The molecule has 0 aliphatic carbocycles. The lowest BCUT2D eigenvalue weighted by molar-refractivity contribution is -0.147. The number of amides is 3. The van der Waals surface area contributed by atoms with Gasteiger partial charge in [0.15, 0.2) is 11.6 Å². The number of carboxylic acids is 2. The Bertz CT molecular complexity index is 2340. The molecule has 19 heteroatoms. The minimum atomic E-state index is -1.50. The van der Waals surface area contributed by atoms with Crippen LogP contribution in [-0.4, -0.2) is 107 Å². The molecule has 1 atom stereocenters. The van der Waals surface area contributed by atoms with Crippen molar-refractivity contribution >= 4 is 70.0 Å². The number of fused-ring (bicyclic) bond motifs is 2. The van der Waals surface area contributed by atoms with Crippen LogP contribution in [0.2, 0.25) is 10.0 Å². The normalized spacial score (nSPS) is 14.5. The van der Waals surface area contributed by atoms with Crippen molar-refractivity contribution in [1.82, 2.24) is 34.2 Å². The van der Waals surface area contributed by atoms with E-state index in [1.54, 1.807) is 54.9 Å². The molecule has 6 rings (SSSR count). The summed E-state index contributed by atoms with van der Waals surface area (Å²) in [5.41, 5.74) is 5.17. The summed E-state index contributed by atoms with van der Waals surface area (Å²) in [7, 11) is 3.59. The number of aromatic nitrogens is 4. The van der Waals surface area contributed by atoms with Crippen molar-refractivity contribution in [1.29, 1.82) is 0 Å². The Kier molecular flexibility index (Phi) is 14.0. The van der Waals surface area contributed by atoms with Gasteiger partial charge in [0.2, 0.25) is 5.91 Å². The maximum absolute atomic E-state index is 13.7. The van der Waals surface area contributed by atoms with Crippen LogP contribution in [0.4, 0.5) is 11.4 Å². The largest absolute Gasteiger partial charge is 0.481 e. The Morgan fingerprint density at radius 2 is 1.20 bits per heavy atom. The van der Waals surface area contributed by atoms with Crippen LogP contribution in [0.25, 0.3) is 11.1 Å². The molecule has 0 spiro atoms. The van der Waals surface area contributed by atoms with Gasteiger partial charge in [0.25, 0.3) is 11.8 Å². The van der Waals surface area contributed by atoms with E-state index in [0.29, 0.717) is 73.6 Å². The molecule has 0 fully saturated rings. The topological polar surface area (TPSA) is 221 Å². The molecule has 0 radical (unpaired) electrons. The Morgan fingerprint density at radius 3 is 1.63 bits per heavy atom. The van der Waals surface area contributed by atoms with Gasteiger partial charge in [-0.3, -0.25) is 29.0 Å². The molecule has 4 aromatic rings. The van der Waals surface area contributed by atoms with E-state index in [4.69, 9.17) is 28.3 Å². The Balaban J connectivity index is 1.08. The average molecular weight is 865 g/mol. The maximum atomic E-state index is 13.7. The first-order chi connectivity index (χ1) is 28.6. The van der Waals surface area contributed by atoms with Gasteiger partial charge >= 0.3 is 11.9 Å². The monoisotopic (exact) mass is 863 g/mol. The summed E-state index contributed by atoms with van der Waals surface area (Å²) in [6.45, 7) is 5.37. The Hall–Kier alpha value is -5.62. The second-order valence-electron chi connectivity index (χ2n) is 15.0. The van der Waals surface area contributed by atoms with Crippen molar-refractivity contribution in [3.63, 3.8) is 0 Å². The molecule has 2 aliphatic heterocycles.